The molecule has 1 aliphatic carbocycles. The molecule has 0 unspecified atom stereocenters. The molecule has 2 N–H and O–H groups in total. The predicted molar refractivity (Wildman–Crippen MR) is 82.0 cm³/mol. The van der Waals surface area contributed by atoms with Crippen LogP contribution >= 0.6 is 0 Å². The zero-order chi connectivity index (χ0) is 16.1. The van der Waals surface area contributed by atoms with E-state index in [9.17, 15) is 14.7 Å². The minimum atomic E-state index is -1.24. The molecule has 0 radical (unpaired) electrons. The van der Waals surface area contributed by atoms with Crippen LogP contribution in [0.4, 0.5) is 4.79 Å². The summed E-state index contributed by atoms with van der Waals surface area (Å²) >= 11 is 0. The van der Waals surface area contributed by atoms with Gasteiger partial charge in [-0.1, -0.05) is 38.1 Å². The van der Waals surface area contributed by atoms with E-state index in [1.807, 2.05) is 32.0 Å². The lowest BCUT2D eigenvalue weighted by atomic mass is 9.88. The largest absolute Gasteiger partial charge is 0.548 e. The van der Waals surface area contributed by atoms with Crippen molar-refractivity contribution >= 4 is 12.0 Å². The van der Waals surface area contributed by atoms with Crippen LogP contribution in [0, 0.1) is 5.92 Å². The molecule has 0 heterocycles. The van der Waals surface area contributed by atoms with Crippen molar-refractivity contribution in [3.05, 3.63) is 35.4 Å². The number of benzene rings is 1. The number of amides is 2. The first-order valence-electron chi connectivity index (χ1n) is 7.83. The van der Waals surface area contributed by atoms with Crippen molar-refractivity contribution in [3.63, 3.8) is 0 Å². The van der Waals surface area contributed by atoms with E-state index in [0.29, 0.717) is 6.42 Å². The third-order valence-electron chi connectivity index (χ3n) is 3.97. The maximum absolute atomic E-state index is 12.1. The second-order valence-electron chi connectivity index (χ2n) is 6.26. The molecule has 2 rings (SSSR count). The number of rotatable bonds is 5. The molecule has 0 spiro atoms. The summed E-state index contributed by atoms with van der Waals surface area (Å²) in [6.07, 6.45) is 3.25. The summed E-state index contributed by atoms with van der Waals surface area (Å²) in [6, 6.07) is 6.57. The summed E-state index contributed by atoms with van der Waals surface area (Å²) in [5.41, 5.74) is 2.37. The smallest absolute Gasteiger partial charge is 0.315 e. The van der Waals surface area contributed by atoms with Crippen LogP contribution in [0.15, 0.2) is 24.3 Å². The predicted octanol–water partition coefficient (Wildman–Crippen LogP) is 1.53. The van der Waals surface area contributed by atoms with Crippen molar-refractivity contribution in [2.75, 3.05) is 0 Å². The molecule has 22 heavy (non-hydrogen) atoms. The maximum atomic E-state index is 12.1. The number of hydrogen-bond donors (Lipinski definition) is 2. The second-order valence-corrected chi connectivity index (χ2v) is 6.26. The minimum Gasteiger partial charge on any atom is -0.548 e. The van der Waals surface area contributed by atoms with Crippen LogP contribution in [0.2, 0.25) is 0 Å². The number of carbonyl (C=O) groups excluding carboxylic acids is 2. The Morgan fingerprint density at radius 2 is 2.05 bits per heavy atom. The van der Waals surface area contributed by atoms with Crippen molar-refractivity contribution in [2.24, 2.45) is 5.92 Å². The first-order chi connectivity index (χ1) is 10.5. The Hall–Kier alpha value is -2.04. The van der Waals surface area contributed by atoms with Gasteiger partial charge in [-0.15, -0.1) is 0 Å². The molecular weight excluding hydrogens is 280 g/mol. The average Bonchev–Trinajstić information content (AvgIpc) is 2.46. The van der Waals surface area contributed by atoms with Crippen molar-refractivity contribution in [2.45, 2.75) is 51.6 Å². The van der Waals surface area contributed by atoms with Gasteiger partial charge < -0.3 is 20.5 Å². The average molecular weight is 303 g/mol. The van der Waals surface area contributed by atoms with Crippen molar-refractivity contribution in [1.29, 1.82) is 0 Å². The molecule has 2 atom stereocenters. The molecule has 1 aromatic rings. The Bertz CT molecular complexity index is 542. The SMILES string of the molecule is CC(C)C[C@H](NC(=O)N[C@H]1CCCc2ccccc21)C(=O)[O-]. The number of hydrogen-bond acceptors (Lipinski definition) is 3. The Balaban J connectivity index is 1.99. The molecule has 5 nitrogen and oxygen atoms in total. The van der Waals surface area contributed by atoms with Crippen molar-refractivity contribution < 1.29 is 14.7 Å². The summed E-state index contributed by atoms with van der Waals surface area (Å²) in [6.45, 7) is 3.82. The zero-order valence-corrected chi connectivity index (χ0v) is 13.1. The molecule has 0 saturated carbocycles. The molecular formula is C17H23N2O3-. The number of nitrogens with one attached hydrogen (secondary N) is 2. The summed E-state index contributed by atoms with van der Waals surface area (Å²) in [4.78, 5) is 23.2. The fourth-order valence-electron chi connectivity index (χ4n) is 2.95. The van der Waals surface area contributed by atoms with E-state index in [1.54, 1.807) is 0 Å². The number of urea groups is 1. The Labute approximate surface area is 131 Å². The van der Waals surface area contributed by atoms with E-state index < -0.39 is 18.0 Å². The summed E-state index contributed by atoms with van der Waals surface area (Å²) in [5.74, 6) is -1.08. The van der Waals surface area contributed by atoms with Crippen LogP contribution in [-0.4, -0.2) is 18.0 Å². The summed E-state index contributed by atoms with van der Waals surface area (Å²) < 4.78 is 0. The van der Waals surface area contributed by atoms with Crippen LogP contribution < -0.4 is 15.7 Å². The van der Waals surface area contributed by atoms with Gasteiger partial charge in [0.15, 0.2) is 0 Å². The van der Waals surface area contributed by atoms with E-state index in [1.165, 1.54) is 5.56 Å². The van der Waals surface area contributed by atoms with Gasteiger partial charge in [0.2, 0.25) is 0 Å². The number of aryl methyl sites for hydroxylation is 1. The van der Waals surface area contributed by atoms with E-state index >= 15 is 0 Å². The lowest BCUT2D eigenvalue weighted by Gasteiger charge is -2.28. The Kier molecular flexibility index (Phi) is 5.41. The standard InChI is InChI=1S/C17H24N2O3/c1-11(2)10-15(16(20)21)19-17(22)18-14-9-5-7-12-6-3-4-8-13(12)14/h3-4,6,8,11,14-15H,5,7,9-10H2,1-2H3,(H,20,21)(H2,18,19,22)/p-1/t14-,15-/m0/s1. The van der Waals surface area contributed by atoms with Gasteiger partial charge in [0.25, 0.3) is 0 Å². The third kappa shape index (κ3) is 4.23. The van der Waals surface area contributed by atoms with Gasteiger partial charge in [-0.25, -0.2) is 4.79 Å². The molecule has 1 aliphatic rings. The summed E-state index contributed by atoms with van der Waals surface area (Å²) in [5, 5.41) is 16.5. The number of carbonyl (C=O) groups is 2. The first kappa shape index (κ1) is 16.3. The highest BCUT2D eigenvalue weighted by molar-refractivity contribution is 5.81. The maximum Gasteiger partial charge on any atom is 0.315 e. The molecule has 0 fully saturated rings. The van der Waals surface area contributed by atoms with Crippen molar-refractivity contribution in [1.82, 2.24) is 10.6 Å². The van der Waals surface area contributed by atoms with E-state index in [2.05, 4.69) is 16.7 Å². The number of carboxylic acids is 1. The summed E-state index contributed by atoms with van der Waals surface area (Å²) in [7, 11) is 0. The molecule has 2 amide bonds. The fraction of sp³-hybridized carbons (Fsp3) is 0.529. The molecule has 120 valence electrons. The number of aliphatic carboxylic acids is 1. The van der Waals surface area contributed by atoms with Gasteiger partial charge >= 0.3 is 6.03 Å². The molecule has 5 heteroatoms. The zero-order valence-electron chi connectivity index (χ0n) is 13.1. The van der Waals surface area contributed by atoms with Gasteiger partial charge in [-0.05, 0) is 42.7 Å². The lowest BCUT2D eigenvalue weighted by Crippen LogP contribution is -2.52. The number of fused-ring (bicyclic) bond motifs is 1. The third-order valence-corrected chi connectivity index (χ3v) is 3.97. The molecule has 1 aromatic carbocycles. The lowest BCUT2D eigenvalue weighted by molar-refractivity contribution is -0.308. The number of carboxylic acid groups (broad SMARTS) is 1. The van der Waals surface area contributed by atoms with E-state index in [4.69, 9.17) is 0 Å². The molecule has 0 aromatic heterocycles. The minimum absolute atomic E-state index is 0.0635. The molecule has 0 bridgehead atoms. The van der Waals surface area contributed by atoms with Crippen LogP contribution in [-0.2, 0) is 11.2 Å². The quantitative estimate of drug-likeness (QED) is 0.865. The first-order valence-corrected chi connectivity index (χ1v) is 7.83. The highest BCUT2D eigenvalue weighted by Gasteiger charge is 2.22. The van der Waals surface area contributed by atoms with Gasteiger partial charge in [0, 0.05) is 0 Å². The highest BCUT2D eigenvalue weighted by Crippen LogP contribution is 2.29. The van der Waals surface area contributed by atoms with E-state index in [0.717, 1.165) is 24.8 Å². The van der Waals surface area contributed by atoms with Crippen LogP contribution in [0.5, 0.6) is 0 Å². The van der Waals surface area contributed by atoms with Gasteiger partial charge in [-0.3, -0.25) is 0 Å². The van der Waals surface area contributed by atoms with Crippen molar-refractivity contribution in [3.8, 4) is 0 Å². The Morgan fingerprint density at radius 3 is 2.73 bits per heavy atom. The van der Waals surface area contributed by atoms with Gasteiger partial charge in [0.05, 0.1) is 18.1 Å². The van der Waals surface area contributed by atoms with Crippen LogP contribution in [0.25, 0.3) is 0 Å². The van der Waals surface area contributed by atoms with E-state index in [-0.39, 0.29) is 12.0 Å². The van der Waals surface area contributed by atoms with Crippen LogP contribution in [0.3, 0.4) is 0 Å². The molecule has 0 aliphatic heterocycles. The topological polar surface area (TPSA) is 81.3 Å². The normalized spacial score (nSPS) is 18.4. The van der Waals surface area contributed by atoms with Crippen LogP contribution in [0.1, 0.15) is 50.3 Å². The monoisotopic (exact) mass is 303 g/mol. The second kappa shape index (κ2) is 7.29. The van der Waals surface area contributed by atoms with Gasteiger partial charge in [-0.2, -0.15) is 0 Å². The highest BCUT2D eigenvalue weighted by atomic mass is 16.4. The molecule has 0 saturated heterocycles. The van der Waals surface area contributed by atoms with Gasteiger partial charge in [0.1, 0.15) is 0 Å². The fourth-order valence-corrected chi connectivity index (χ4v) is 2.95. The Morgan fingerprint density at radius 1 is 1.32 bits per heavy atom.